The monoisotopic (exact) mass is 323 g/mol. The van der Waals surface area contributed by atoms with Gasteiger partial charge in [-0.25, -0.2) is 0 Å². The number of hydrogen-bond acceptors (Lipinski definition) is 3. The van der Waals surface area contributed by atoms with E-state index in [1.807, 2.05) is 0 Å². The van der Waals surface area contributed by atoms with E-state index < -0.39 is 0 Å². The highest BCUT2D eigenvalue weighted by molar-refractivity contribution is 9.09. The molecule has 0 amide bonds. The van der Waals surface area contributed by atoms with Crippen molar-refractivity contribution in [2.75, 3.05) is 14.2 Å². The SMILES string of the molecule is COC1CC(O)C(Br)C1.COC1CC=CC1.[2H]CC. The summed E-state index contributed by atoms with van der Waals surface area (Å²) in [6.45, 7) is 2.29. The fraction of sp³-hybridized carbons (Fsp3) is 0.857. The Labute approximate surface area is 121 Å². The first-order chi connectivity index (χ1) is 9.08. The molecule has 1 N–H and O–H groups in total. The summed E-state index contributed by atoms with van der Waals surface area (Å²) in [5, 5.41) is 9.17. The summed E-state index contributed by atoms with van der Waals surface area (Å²) in [6, 6.07) is 0. The van der Waals surface area contributed by atoms with Crippen molar-refractivity contribution in [3.8, 4) is 0 Å². The minimum absolute atomic E-state index is 0.213. The molecule has 0 aromatic rings. The second-order valence-corrected chi connectivity index (χ2v) is 5.39. The number of aliphatic hydroxyl groups is 1. The summed E-state index contributed by atoms with van der Waals surface area (Å²) < 4.78 is 16.3. The van der Waals surface area contributed by atoms with Crippen molar-refractivity contribution in [2.45, 2.75) is 62.6 Å². The zero-order valence-electron chi connectivity index (χ0n) is 12.6. The number of hydrogen-bond donors (Lipinski definition) is 1. The maximum atomic E-state index is 9.17. The molecule has 0 aromatic heterocycles. The molecular formula is C14H27BrO3. The van der Waals surface area contributed by atoms with E-state index >= 15 is 0 Å². The van der Waals surface area contributed by atoms with Crippen LogP contribution < -0.4 is 0 Å². The second kappa shape index (κ2) is 11.0. The van der Waals surface area contributed by atoms with Crippen molar-refractivity contribution in [3.05, 3.63) is 12.2 Å². The van der Waals surface area contributed by atoms with Gasteiger partial charge in [0.05, 0.1) is 18.3 Å². The van der Waals surface area contributed by atoms with Crippen molar-refractivity contribution in [1.29, 1.82) is 0 Å². The van der Waals surface area contributed by atoms with Crippen LogP contribution in [-0.4, -0.2) is 42.5 Å². The molecule has 108 valence electrons. The van der Waals surface area contributed by atoms with E-state index in [9.17, 15) is 5.11 Å². The predicted octanol–water partition coefficient (Wildman–Crippen LogP) is 3.30. The topological polar surface area (TPSA) is 38.7 Å². The van der Waals surface area contributed by atoms with Crippen molar-refractivity contribution in [2.24, 2.45) is 0 Å². The lowest BCUT2D eigenvalue weighted by Gasteiger charge is -2.03. The highest BCUT2D eigenvalue weighted by Gasteiger charge is 2.30. The summed E-state index contributed by atoms with van der Waals surface area (Å²) in [7, 11) is 3.44. The standard InChI is InChI=1S/C6H11BrO2.C6H10O.C2H6/c1-9-4-2-5(7)6(8)3-4;1-7-6-4-2-3-5-6;1-2/h4-6,8H,2-3H2,1H3;2-3,6H,4-5H2,1H3;1-2H3/i;;1D. The second-order valence-electron chi connectivity index (χ2n) is 4.21. The van der Waals surface area contributed by atoms with E-state index in [-0.39, 0.29) is 17.0 Å². The zero-order chi connectivity index (χ0) is 14.7. The van der Waals surface area contributed by atoms with E-state index in [0.717, 1.165) is 25.7 Å². The van der Waals surface area contributed by atoms with Crippen LogP contribution in [-0.2, 0) is 9.47 Å². The predicted molar refractivity (Wildman–Crippen MR) is 79.3 cm³/mol. The zero-order valence-corrected chi connectivity index (χ0v) is 13.2. The summed E-state index contributed by atoms with van der Waals surface area (Å²) in [6.07, 6.45) is 8.76. The van der Waals surface area contributed by atoms with Gasteiger partial charge in [-0.3, -0.25) is 0 Å². The third-order valence-electron chi connectivity index (χ3n) is 3.04. The Morgan fingerprint density at radius 1 is 1.17 bits per heavy atom. The number of rotatable bonds is 2. The molecule has 0 bridgehead atoms. The lowest BCUT2D eigenvalue weighted by molar-refractivity contribution is 0.0899. The summed E-state index contributed by atoms with van der Waals surface area (Å²) >= 11 is 3.35. The molecule has 1 fully saturated rings. The number of halogens is 1. The van der Waals surface area contributed by atoms with Crippen molar-refractivity contribution >= 4 is 15.9 Å². The smallest absolute Gasteiger partial charge is 0.0690 e. The van der Waals surface area contributed by atoms with Crippen LogP contribution in [0.2, 0.25) is 0 Å². The molecule has 0 radical (unpaired) electrons. The van der Waals surface area contributed by atoms with Crippen molar-refractivity contribution in [3.63, 3.8) is 0 Å². The third kappa shape index (κ3) is 6.88. The number of aliphatic hydroxyl groups excluding tert-OH is 1. The van der Waals surface area contributed by atoms with Gasteiger partial charge in [-0.2, -0.15) is 0 Å². The van der Waals surface area contributed by atoms with E-state index in [2.05, 4.69) is 28.1 Å². The van der Waals surface area contributed by atoms with Gasteiger partial charge in [-0.05, 0) is 19.3 Å². The Kier molecular flexibility index (Phi) is 9.85. The number of ether oxygens (including phenoxy) is 2. The van der Waals surface area contributed by atoms with Gasteiger partial charge < -0.3 is 14.6 Å². The van der Waals surface area contributed by atoms with Crippen LogP contribution in [0.15, 0.2) is 12.2 Å². The molecular weight excluding hydrogens is 296 g/mol. The van der Waals surface area contributed by atoms with Crippen LogP contribution in [0.3, 0.4) is 0 Å². The highest BCUT2D eigenvalue weighted by Crippen LogP contribution is 2.27. The average Bonchev–Trinajstić information content (AvgIpc) is 3.02. The largest absolute Gasteiger partial charge is 0.392 e. The van der Waals surface area contributed by atoms with Crippen molar-refractivity contribution in [1.82, 2.24) is 0 Å². The van der Waals surface area contributed by atoms with Gasteiger partial charge in [0.2, 0.25) is 0 Å². The van der Waals surface area contributed by atoms with Gasteiger partial charge in [-0.15, -0.1) is 0 Å². The Morgan fingerprint density at radius 3 is 1.89 bits per heavy atom. The number of alkyl halides is 1. The van der Waals surface area contributed by atoms with E-state index in [1.165, 1.54) is 0 Å². The Hall–Kier alpha value is 0.100. The van der Waals surface area contributed by atoms with Gasteiger partial charge in [0.1, 0.15) is 0 Å². The molecule has 3 atom stereocenters. The third-order valence-corrected chi connectivity index (χ3v) is 4.03. The molecule has 0 aromatic carbocycles. The fourth-order valence-corrected chi connectivity index (χ4v) is 2.53. The number of methoxy groups -OCH3 is 2. The van der Waals surface area contributed by atoms with Crippen molar-refractivity contribution < 1.29 is 16.0 Å². The molecule has 18 heavy (non-hydrogen) atoms. The van der Waals surface area contributed by atoms with Crippen LogP contribution in [0.25, 0.3) is 0 Å². The maximum absolute atomic E-state index is 9.17. The van der Waals surface area contributed by atoms with Gasteiger partial charge in [0, 0.05) is 26.8 Å². The lowest BCUT2D eigenvalue weighted by Crippen LogP contribution is -2.11. The lowest BCUT2D eigenvalue weighted by atomic mass is 10.3. The van der Waals surface area contributed by atoms with Gasteiger partial charge in [-0.1, -0.05) is 41.9 Å². The molecule has 0 saturated heterocycles. The maximum Gasteiger partial charge on any atom is 0.0690 e. The average molecular weight is 324 g/mol. The molecule has 0 spiro atoms. The van der Waals surface area contributed by atoms with E-state index in [4.69, 9.17) is 10.8 Å². The Morgan fingerprint density at radius 2 is 1.67 bits per heavy atom. The molecule has 3 nitrogen and oxygen atoms in total. The van der Waals surface area contributed by atoms with Gasteiger partial charge in [0.15, 0.2) is 0 Å². The first kappa shape index (κ1) is 16.2. The summed E-state index contributed by atoms with van der Waals surface area (Å²) in [5.41, 5.74) is 0. The molecule has 0 heterocycles. The molecule has 2 rings (SSSR count). The molecule has 4 heteroatoms. The first-order valence-corrected chi connectivity index (χ1v) is 7.32. The first-order valence-electron chi connectivity index (χ1n) is 7.11. The molecule has 0 aliphatic heterocycles. The van der Waals surface area contributed by atoms with Crippen LogP contribution in [0, 0.1) is 0 Å². The molecule has 2 aliphatic carbocycles. The highest BCUT2D eigenvalue weighted by atomic mass is 79.9. The summed E-state index contributed by atoms with van der Waals surface area (Å²) in [4.78, 5) is 0.238. The fourth-order valence-electron chi connectivity index (χ4n) is 1.90. The van der Waals surface area contributed by atoms with Gasteiger partial charge in [0.25, 0.3) is 0 Å². The van der Waals surface area contributed by atoms with E-state index in [0.29, 0.717) is 13.0 Å². The van der Waals surface area contributed by atoms with Gasteiger partial charge >= 0.3 is 0 Å². The molecule has 1 saturated carbocycles. The normalized spacial score (nSPS) is 31.2. The Balaban J connectivity index is 0.000000289. The van der Waals surface area contributed by atoms with Crippen LogP contribution in [0.4, 0.5) is 0 Å². The molecule has 2 aliphatic rings. The van der Waals surface area contributed by atoms with E-state index in [1.54, 1.807) is 21.1 Å². The van der Waals surface area contributed by atoms with Crippen LogP contribution in [0.1, 0.15) is 40.9 Å². The Bertz CT molecular complexity index is 221. The summed E-state index contributed by atoms with van der Waals surface area (Å²) in [5.74, 6) is 0. The van der Waals surface area contributed by atoms with Crippen LogP contribution >= 0.6 is 15.9 Å². The quantitative estimate of drug-likeness (QED) is 0.626. The minimum Gasteiger partial charge on any atom is -0.392 e. The van der Waals surface area contributed by atoms with Crippen LogP contribution in [0.5, 0.6) is 0 Å². The molecule has 3 unspecified atom stereocenters. The minimum atomic E-state index is -0.213.